The van der Waals surface area contributed by atoms with Crippen molar-refractivity contribution in [3.8, 4) is 0 Å². The van der Waals surface area contributed by atoms with E-state index in [1.165, 1.54) is 12.8 Å². The molecule has 1 fully saturated rings. The second-order valence-electron chi connectivity index (χ2n) is 3.32. The molecule has 1 aliphatic heterocycles. The van der Waals surface area contributed by atoms with Crippen molar-refractivity contribution in [3.63, 3.8) is 0 Å². The molecule has 74 valence electrons. The van der Waals surface area contributed by atoms with Crippen molar-refractivity contribution >= 4 is 17.0 Å². The molecule has 13 heavy (non-hydrogen) atoms. The Bertz CT molecular complexity index is 254. The Labute approximate surface area is 88.5 Å². The maximum atomic E-state index is 4.12. The van der Waals surface area contributed by atoms with Crippen molar-refractivity contribution in [1.82, 2.24) is 20.1 Å². The smallest absolute Gasteiger partial charge is 0.135 e. The van der Waals surface area contributed by atoms with Crippen LogP contribution in [0.2, 0.25) is 0 Å². The number of nitrogens with one attached hydrogen (secondary N) is 1. The van der Waals surface area contributed by atoms with Crippen LogP contribution < -0.4 is 5.32 Å². The highest BCUT2D eigenvalue weighted by Crippen LogP contribution is 2.21. The van der Waals surface area contributed by atoms with Gasteiger partial charge in [0, 0.05) is 13.0 Å². The fourth-order valence-electron chi connectivity index (χ4n) is 1.74. The minimum atomic E-state index is 0. The number of aryl methyl sites for hydroxylation is 1. The summed E-state index contributed by atoms with van der Waals surface area (Å²) in [5, 5.41) is 11.4. The van der Waals surface area contributed by atoms with Gasteiger partial charge in [0.15, 0.2) is 0 Å². The third kappa shape index (κ3) is 2.28. The summed E-state index contributed by atoms with van der Waals surface area (Å²) in [5.74, 6) is 1.75. The molecule has 2 rings (SSSR count). The summed E-state index contributed by atoms with van der Waals surface area (Å²) in [6.45, 7) is 2.22. The van der Waals surface area contributed by atoms with E-state index in [2.05, 4.69) is 15.5 Å². The SMILES string of the molecule is Br.Cn1cnnc1C1CCNCC1. The zero-order valence-electron chi connectivity index (χ0n) is 7.73. The van der Waals surface area contributed by atoms with Gasteiger partial charge < -0.3 is 9.88 Å². The van der Waals surface area contributed by atoms with Crippen molar-refractivity contribution in [1.29, 1.82) is 0 Å². The molecule has 0 amide bonds. The molecular weight excluding hydrogens is 232 g/mol. The number of rotatable bonds is 1. The molecule has 1 saturated heterocycles. The molecule has 0 atom stereocenters. The third-order valence-corrected chi connectivity index (χ3v) is 2.45. The zero-order valence-corrected chi connectivity index (χ0v) is 9.45. The fraction of sp³-hybridized carbons (Fsp3) is 0.750. The first-order chi connectivity index (χ1) is 5.88. The first-order valence-electron chi connectivity index (χ1n) is 4.42. The quantitative estimate of drug-likeness (QED) is 0.800. The highest BCUT2D eigenvalue weighted by atomic mass is 79.9. The second-order valence-corrected chi connectivity index (χ2v) is 3.32. The number of aromatic nitrogens is 3. The molecule has 0 radical (unpaired) electrons. The maximum absolute atomic E-state index is 4.12. The summed E-state index contributed by atoms with van der Waals surface area (Å²) in [6.07, 6.45) is 4.15. The largest absolute Gasteiger partial charge is 0.320 e. The normalized spacial score (nSPS) is 18.2. The lowest BCUT2D eigenvalue weighted by Gasteiger charge is -2.21. The molecule has 0 bridgehead atoms. The van der Waals surface area contributed by atoms with Gasteiger partial charge in [-0.1, -0.05) is 0 Å². The van der Waals surface area contributed by atoms with Crippen molar-refractivity contribution in [3.05, 3.63) is 12.2 Å². The Hall–Kier alpha value is -0.420. The van der Waals surface area contributed by atoms with E-state index in [4.69, 9.17) is 0 Å². The van der Waals surface area contributed by atoms with Crippen molar-refractivity contribution in [2.24, 2.45) is 7.05 Å². The number of hydrogen-bond donors (Lipinski definition) is 1. The van der Waals surface area contributed by atoms with Crippen molar-refractivity contribution < 1.29 is 0 Å². The van der Waals surface area contributed by atoms with Gasteiger partial charge in [0.1, 0.15) is 12.2 Å². The molecule has 1 aliphatic rings. The zero-order chi connectivity index (χ0) is 8.39. The topological polar surface area (TPSA) is 42.7 Å². The minimum Gasteiger partial charge on any atom is -0.320 e. The molecule has 0 aliphatic carbocycles. The van der Waals surface area contributed by atoms with Crippen molar-refractivity contribution in [2.75, 3.05) is 13.1 Å². The lowest BCUT2D eigenvalue weighted by atomic mass is 9.97. The second kappa shape index (κ2) is 4.72. The molecule has 5 heteroatoms. The van der Waals surface area contributed by atoms with E-state index in [0.717, 1.165) is 18.9 Å². The summed E-state index contributed by atoms with van der Waals surface area (Å²) in [7, 11) is 2.01. The van der Waals surface area contributed by atoms with Gasteiger partial charge in [-0.25, -0.2) is 0 Å². The molecule has 0 spiro atoms. The van der Waals surface area contributed by atoms with Gasteiger partial charge in [-0.15, -0.1) is 27.2 Å². The number of nitrogens with zero attached hydrogens (tertiary/aromatic N) is 3. The van der Waals surface area contributed by atoms with E-state index in [1.807, 2.05) is 11.6 Å². The van der Waals surface area contributed by atoms with Gasteiger partial charge in [0.2, 0.25) is 0 Å². The molecule has 4 nitrogen and oxygen atoms in total. The van der Waals surface area contributed by atoms with Crippen LogP contribution >= 0.6 is 17.0 Å². The summed E-state index contributed by atoms with van der Waals surface area (Å²) in [5.41, 5.74) is 0. The highest BCUT2D eigenvalue weighted by molar-refractivity contribution is 8.93. The van der Waals surface area contributed by atoms with E-state index < -0.39 is 0 Å². The van der Waals surface area contributed by atoms with Crippen molar-refractivity contribution in [2.45, 2.75) is 18.8 Å². The molecule has 0 aromatic carbocycles. The number of piperidine rings is 1. The first kappa shape index (κ1) is 10.7. The predicted octanol–water partition coefficient (Wildman–Crippen LogP) is 0.860. The van der Waals surface area contributed by atoms with Gasteiger partial charge in [-0.2, -0.15) is 0 Å². The summed E-state index contributed by atoms with van der Waals surface area (Å²) < 4.78 is 2.02. The maximum Gasteiger partial charge on any atom is 0.135 e. The molecule has 0 saturated carbocycles. The fourth-order valence-corrected chi connectivity index (χ4v) is 1.74. The van der Waals surface area contributed by atoms with Crippen LogP contribution in [0.5, 0.6) is 0 Å². The Kier molecular flexibility index (Phi) is 3.87. The molecule has 0 unspecified atom stereocenters. The van der Waals surface area contributed by atoms with Crippen LogP contribution in [-0.4, -0.2) is 27.9 Å². The van der Waals surface area contributed by atoms with Crippen LogP contribution in [0.15, 0.2) is 6.33 Å². The van der Waals surface area contributed by atoms with Gasteiger partial charge >= 0.3 is 0 Å². The Balaban J connectivity index is 0.000000845. The molecule has 1 aromatic heterocycles. The van der Waals surface area contributed by atoms with E-state index in [9.17, 15) is 0 Å². The lowest BCUT2D eigenvalue weighted by molar-refractivity contribution is 0.436. The summed E-state index contributed by atoms with van der Waals surface area (Å²) in [6, 6.07) is 0. The number of hydrogen-bond acceptors (Lipinski definition) is 3. The van der Waals surface area contributed by atoms with Crippen LogP contribution in [0.1, 0.15) is 24.6 Å². The van der Waals surface area contributed by atoms with Crippen LogP contribution in [0.4, 0.5) is 0 Å². The summed E-state index contributed by atoms with van der Waals surface area (Å²) >= 11 is 0. The van der Waals surface area contributed by atoms with Gasteiger partial charge in [-0.05, 0) is 25.9 Å². The van der Waals surface area contributed by atoms with Crippen LogP contribution in [-0.2, 0) is 7.05 Å². The van der Waals surface area contributed by atoms with E-state index in [-0.39, 0.29) is 17.0 Å². The lowest BCUT2D eigenvalue weighted by Crippen LogP contribution is -2.27. The van der Waals surface area contributed by atoms with Gasteiger partial charge in [-0.3, -0.25) is 0 Å². The highest BCUT2D eigenvalue weighted by Gasteiger charge is 2.18. The first-order valence-corrected chi connectivity index (χ1v) is 4.42. The molecule has 2 heterocycles. The monoisotopic (exact) mass is 246 g/mol. The Morgan fingerprint density at radius 1 is 1.46 bits per heavy atom. The van der Waals surface area contributed by atoms with E-state index >= 15 is 0 Å². The average molecular weight is 247 g/mol. The Morgan fingerprint density at radius 3 is 2.69 bits per heavy atom. The molecule has 1 aromatic rings. The third-order valence-electron chi connectivity index (χ3n) is 2.45. The summed E-state index contributed by atoms with van der Waals surface area (Å²) in [4.78, 5) is 0. The molecule has 1 N–H and O–H groups in total. The van der Waals surface area contributed by atoms with Gasteiger partial charge in [0.25, 0.3) is 0 Å². The predicted molar refractivity (Wildman–Crippen MR) is 56.2 cm³/mol. The molecular formula is C8H15BrN4. The minimum absolute atomic E-state index is 0. The van der Waals surface area contributed by atoms with Crippen LogP contribution in [0.3, 0.4) is 0 Å². The van der Waals surface area contributed by atoms with Crippen LogP contribution in [0, 0.1) is 0 Å². The Morgan fingerprint density at radius 2 is 2.15 bits per heavy atom. The average Bonchev–Trinajstić information content (AvgIpc) is 2.53. The standard InChI is InChI=1S/C8H14N4.BrH/c1-12-6-10-11-8(12)7-2-4-9-5-3-7;/h6-7,9H,2-5H2,1H3;1H. The van der Waals surface area contributed by atoms with E-state index in [1.54, 1.807) is 6.33 Å². The van der Waals surface area contributed by atoms with Gasteiger partial charge in [0.05, 0.1) is 0 Å². The number of halogens is 1. The van der Waals surface area contributed by atoms with Crippen LogP contribution in [0.25, 0.3) is 0 Å². The van der Waals surface area contributed by atoms with E-state index in [0.29, 0.717) is 5.92 Å².